The van der Waals surface area contributed by atoms with Crippen molar-refractivity contribution in [2.24, 2.45) is 0 Å². The maximum atomic E-state index is 11.8. The summed E-state index contributed by atoms with van der Waals surface area (Å²) in [7, 11) is 3.39. The van der Waals surface area contributed by atoms with E-state index in [1.165, 1.54) is 0 Å². The topological polar surface area (TPSA) is 56.8 Å². The van der Waals surface area contributed by atoms with Crippen LogP contribution in [0.5, 0.6) is 0 Å². The Kier molecular flexibility index (Phi) is 9.03. The van der Waals surface area contributed by atoms with Gasteiger partial charge in [-0.15, -0.1) is 0 Å². The predicted octanol–water partition coefficient (Wildman–Crippen LogP) is 0.971. The van der Waals surface area contributed by atoms with Crippen LogP contribution in [0.15, 0.2) is 0 Å². The Morgan fingerprint density at radius 2 is 1.88 bits per heavy atom. The molecule has 0 rings (SSSR count). The van der Waals surface area contributed by atoms with Crippen molar-refractivity contribution in [1.82, 2.24) is 5.32 Å². The number of esters is 1. The van der Waals surface area contributed by atoms with Crippen molar-refractivity contribution in [3.63, 3.8) is 0 Å². The third kappa shape index (κ3) is 6.61. The normalized spacial score (nSPS) is 14.4. The number of likely N-dealkylation sites (N-methyl/N-ethyl adjacent to an activating group) is 1. The molecular formula is C12H25NO4. The Morgan fingerprint density at radius 3 is 2.41 bits per heavy atom. The van der Waals surface area contributed by atoms with E-state index in [1.54, 1.807) is 14.2 Å². The summed E-state index contributed by atoms with van der Waals surface area (Å²) in [5, 5.41) is 3.00. The first kappa shape index (κ1) is 16.4. The number of ether oxygens (including phenoxy) is 3. The molecule has 1 unspecified atom stereocenters. The van der Waals surface area contributed by atoms with E-state index in [0.29, 0.717) is 19.8 Å². The van der Waals surface area contributed by atoms with Crippen molar-refractivity contribution in [3.8, 4) is 0 Å². The fourth-order valence-corrected chi connectivity index (χ4v) is 1.43. The highest BCUT2D eigenvalue weighted by Gasteiger charge is 2.31. The SMILES string of the molecule is CCCC(C)(NC)C(=O)OCCOCCOC. The van der Waals surface area contributed by atoms with Gasteiger partial charge in [0.05, 0.1) is 19.8 Å². The number of carbonyl (C=O) groups is 1. The van der Waals surface area contributed by atoms with Gasteiger partial charge in [-0.25, -0.2) is 0 Å². The standard InChI is InChI=1S/C12H25NO4/c1-5-6-12(2,13-3)11(14)17-10-9-16-8-7-15-4/h13H,5-10H2,1-4H3. The highest BCUT2D eigenvalue weighted by Crippen LogP contribution is 2.13. The van der Waals surface area contributed by atoms with E-state index >= 15 is 0 Å². The van der Waals surface area contributed by atoms with Crippen LogP contribution in [0.25, 0.3) is 0 Å². The zero-order chi connectivity index (χ0) is 13.1. The Labute approximate surface area is 104 Å². The van der Waals surface area contributed by atoms with Crippen molar-refractivity contribution >= 4 is 5.97 Å². The molecule has 0 bridgehead atoms. The second-order valence-corrected chi connectivity index (χ2v) is 4.07. The third-order valence-electron chi connectivity index (χ3n) is 2.64. The van der Waals surface area contributed by atoms with E-state index in [2.05, 4.69) is 5.32 Å². The lowest BCUT2D eigenvalue weighted by atomic mass is 9.97. The Bertz CT molecular complexity index is 211. The molecule has 0 aliphatic carbocycles. The zero-order valence-corrected chi connectivity index (χ0v) is 11.4. The monoisotopic (exact) mass is 247 g/mol. The minimum absolute atomic E-state index is 0.225. The van der Waals surface area contributed by atoms with E-state index in [1.807, 2.05) is 13.8 Å². The van der Waals surface area contributed by atoms with E-state index in [9.17, 15) is 4.79 Å². The quantitative estimate of drug-likeness (QED) is 0.460. The molecule has 0 aromatic heterocycles. The summed E-state index contributed by atoms with van der Waals surface area (Å²) in [5.74, 6) is -0.225. The fourth-order valence-electron chi connectivity index (χ4n) is 1.43. The Balaban J connectivity index is 3.76. The van der Waals surface area contributed by atoms with Gasteiger partial charge in [0.15, 0.2) is 0 Å². The van der Waals surface area contributed by atoms with Crippen LogP contribution < -0.4 is 5.32 Å². The number of hydrogen-bond acceptors (Lipinski definition) is 5. The maximum Gasteiger partial charge on any atom is 0.326 e. The van der Waals surface area contributed by atoms with Gasteiger partial charge in [-0.3, -0.25) is 4.79 Å². The van der Waals surface area contributed by atoms with Gasteiger partial charge in [0, 0.05) is 7.11 Å². The highest BCUT2D eigenvalue weighted by molar-refractivity contribution is 5.80. The minimum Gasteiger partial charge on any atom is -0.462 e. The molecule has 5 nitrogen and oxygen atoms in total. The van der Waals surface area contributed by atoms with E-state index in [0.717, 1.165) is 12.8 Å². The average Bonchev–Trinajstić information content (AvgIpc) is 2.33. The van der Waals surface area contributed by atoms with E-state index < -0.39 is 5.54 Å². The largest absolute Gasteiger partial charge is 0.462 e. The van der Waals surface area contributed by atoms with Crippen LogP contribution in [-0.4, -0.2) is 52.1 Å². The average molecular weight is 247 g/mol. The molecule has 1 N–H and O–H groups in total. The predicted molar refractivity (Wildman–Crippen MR) is 66.0 cm³/mol. The molecule has 0 spiro atoms. The van der Waals surface area contributed by atoms with Gasteiger partial charge in [-0.1, -0.05) is 13.3 Å². The van der Waals surface area contributed by atoms with Gasteiger partial charge in [-0.05, 0) is 20.4 Å². The molecule has 0 saturated heterocycles. The van der Waals surface area contributed by atoms with E-state index in [-0.39, 0.29) is 12.6 Å². The summed E-state index contributed by atoms with van der Waals surface area (Å²) in [6, 6.07) is 0. The van der Waals surface area contributed by atoms with Crippen LogP contribution in [0, 0.1) is 0 Å². The molecule has 0 aromatic carbocycles. The summed E-state index contributed by atoms with van der Waals surface area (Å²) < 4.78 is 15.2. The number of hydrogen-bond donors (Lipinski definition) is 1. The molecule has 0 saturated carbocycles. The van der Waals surface area contributed by atoms with Crippen LogP contribution in [0.3, 0.4) is 0 Å². The highest BCUT2D eigenvalue weighted by atomic mass is 16.6. The van der Waals surface area contributed by atoms with Crippen molar-refractivity contribution in [1.29, 1.82) is 0 Å². The first-order valence-electron chi connectivity index (χ1n) is 6.03. The van der Waals surface area contributed by atoms with Gasteiger partial charge in [0.1, 0.15) is 12.1 Å². The van der Waals surface area contributed by atoms with Crippen LogP contribution in [0.1, 0.15) is 26.7 Å². The third-order valence-corrected chi connectivity index (χ3v) is 2.64. The summed E-state index contributed by atoms with van der Waals surface area (Å²) in [6.45, 7) is 5.65. The smallest absolute Gasteiger partial charge is 0.326 e. The maximum absolute atomic E-state index is 11.8. The molecule has 0 amide bonds. The Hall–Kier alpha value is -0.650. The van der Waals surface area contributed by atoms with Crippen LogP contribution in [0.2, 0.25) is 0 Å². The summed E-state index contributed by atoms with van der Waals surface area (Å²) in [5.41, 5.74) is -0.596. The lowest BCUT2D eigenvalue weighted by Gasteiger charge is -2.26. The van der Waals surface area contributed by atoms with Gasteiger partial charge in [0.2, 0.25) is 0 Å². The lowest BCUT2D eigenvalue weighted by Crippen LogP contribution is -2.48. The van der Waals surface area contributed by atoms with Crippen molar-refractivity contribution in [2.75, 3.05) is 40.6 Å². The van der Waals surface area contributed by atoms with Crippen molar-refractivity contribution < 1.29 is 19.0 Å². The summed E-state index contributed by atoms with van der Waals surface area (Å²) in [4.78, 5) is 11.8. The second kappa shape index (κ2) is 9.39. The molecule has 0 radical (unpaired) electrons. The molecule has 0 aliphatic rings. The summed E-state index contributed by atoms with van der Waals surface area (Å²) >= 11 is 0. The molecule has 102 valence electrons. The number of methoxy groups -OCH3 is 1. The number of rotatable bonds is 10. The van der Waals surface area contributed by atoms with Crippen molar-refractivity contribution in [2.45, 2.75) is 32.2 Å². The van der Waals surface area contributed by atoms with Crippen molar-refractivity contribution in [3.05, 3.63) is 0 Å². The fraction of sp³-hybridized carbons (Fsp3) is 0.917. The van der Waals surface area contributed by atoms with Gasteiger partial charge >= 0.3 is 5.97 Å². The molecule has 0 aliphatic heterocycles. The summed E-state index contributed by atoms with van der Waals surface area (Å²) in [6.07, 6.45) is 1.68. The molecule has 17 heavy (non-hydrogen) atoms. The van der Waals surface area contributed by atoms with Gasteiger partial charge in [0.25, 0.3) is 0 Å². The first-order chi connectivity index (χ1) is 8.10. The minimum atomic E-state index is -0.596. The van der Waals surface area contributed by atoms with Crippen LogP contribution >= 0.6 is 0 Å². The van der Waals surface area contributed by atoms with Crippen LogP contribution in [0.4, 0.5) is 0 Å². The Morgan fingerprint density at radius 1 is 1.24 bits per heavy atom. The molecule has 0 fully saturated rings. The molecule has 0 aromatic rings. The molecular weight excluding hydrogens is 222 g/mol. The lowest BCUT2D eigenvalue weighted by molar-refractivity contribution is -0.152. The molecule has 0 heterocycles. The molecule has 1 atom stereocenters. The zero-order valence-electron chi connectivity index (χ0n) is 11.4. The van der Waals surface area contributed by atoms with Crippen LogP contribution in [-0.2, 0) is 19.0 Å². The van der Waals surface area contributed by atoms with Gasteiger partial charge < -0.3 is 19.5 Å². The number of nitrogens with one attached hydrogen (secondary N) is 1. The van der Waals surface area contributed by atoms with E-state index in [4.69, 9.17) is 14.2 Å². The number of carbonyl (C=O) groups excluding carboxylic acids is 1. The first-order valence-corrected chi connectivity index (χ1v) is 6.03. The second-order valence-electron chi connectivity index (χ2n) is 4.07. The van der Waals surface area contributed by atoms with Gasteiger partial charge in [-0.2, -0.15) is 0 Å². The molecule has 5 heteroatoms.